The van der Waals surface area contributed by atoms with Gasteiger partial charge in [0.1, 0.15) is 6.04 Å². The van der Waals surface area contributed by atoms with Crippen molar-refractivity contribution in [2.24, 2.45) is 11.7 Å². The van der Waals surface area contributed by atoms with Crippen molar-refractivity contribution in [1.82, 2.24) is 9.88 Å². The van der Waals surface area contributed by atoms with Crippen molar-refractivity contribution in [3.8, 4) is 0 Å². The number of likely N-dealkylation sites (tertiary alicyclic amines) is 1. The predicted octanol–water partition coefficient (Wildman–Crippen LogP) is 1.90. The van der Waals surface area contributed by atoms with Gasteiger partial charge in [0.2, 0.25) is 0 Å². The summed E-state index contributed by atoms with van der Waals surface area (Å²) in [5.41, 5.74) is 6.52. The maximum Gasteiger partial charge on any atom is 0.320 e. The van der Waals surface area contributed by atoms with Crippen LogP contribution in [0, 0.1) is 5.92 Å². The molecule has 2 rings (SSSR count). The van der Waals surface area contributed by atoms with E-state index in [1.807, 2.05) is 18.5 Å². The van der Waals surface area contributed by atoms with Gasteiger partial charge < -0.3 is 10.8 Å². The molecule has 1 saturated heterocycles. The first-order valence-electron chi connectivity index (χ1n) is 7.02. The summed E-state index contributed by atoms with van der Waals surface area (Å²) < 4.78 is 0. The molecular weight excluding hydrogens is 254 g/mol. The van der Waals surface area contributed by atoms with Gasteiger partial charge in [0.15, 0.2) is 0 Å². The summed E-state index contributed by atoms with van der Waals surface area (Å²) in [4.78, 5) is 16.6. The van der Waals surface area contributed by atoms with Crippen LogP contribution in [0.1, 0.15) is 38.3 Å². The zero-order valence-corrected chi connectivity index (χ0v) is 12.5. The maximum atomic E-state index is 10.0. The summed E-state index contributed by atoms with van der Waals surface area (Å²) in [7, 11) is 2.19. The first kappa shape index (κ1) is 16.6. The smallest absolute Gasteiger partial charge is 0.320 e. The Hall–Kier alpha value is -1.46. The lowest BCUT2D eigenvalue weighted by Gasteiger charge is -2.18. The van der Waals surface area contributed by atoms with Crippen LogP contribution in [0.4, 0.5) is 0 Å². The average molecular weight is 279 g/mol. The zero-order valence-electron chi connectivity index (χ0n) is 12.5. The van der Waals surface area contributed by atoms with Crippen LogP contribution >= 0.6 is 0 Å². The molecule has 0 spiro atoms. The van der Waals surface area contributed by atoms with E-state index in [9.17, 15) is 4.79 Å². The van der Waals surface area contributed by atoms with Gasteiger partial charge in [0.05, 0.1) is 0 Å². The Kier molecular flexibility index (Phi) is 6.61. The monoisotopic (exact) mass is 279 g/mol. The lowest BCUT2D eigenvalue weighted by atomic mass is 10.1. The Bertz CT molecular complexity index is 409. The van der Waals surface area contributed by atoms with Gasteiger partial charge in [-0.3, -0.25) is 14.7 Å². The Morgan fingerprint density at radius 1 is 1.55 bits per heavy atom. The minimum Gasteiger partial charge on any atom is -0.480 e. The molecule has 3 N–H and O–H groups in total. The second kappa shape index (κ2) is 7.97. The highest BCUT2D eigenvalue weighted by Crippen LogP contribution is 2.29. The van der Waals surface area contributed by atoms with Crippen molar-refractivity contribution in [2.45, 2.75) is 38.8 Å². The van der Waals surface area contributed by atoms with E-state index in [0.717, 1.165) is 0 Å². The summed E-state index contributed by atoms with van der Waals surface area (Å²) in [6.07, 6.45) is 6.41. The third-order valence-electron chi connectivity index (χ3n) is 3.59. The number of carboxylic acid groups (broad SMARTS) is 1. The van der Waals surface area contributed by atoms with Crippen LogP contribution in [-0.2, 0) is 4.79 Å². The Morgan fingerprint density at radius 2 is 2.25 bits per heavy atom. The van der Waals surface area contributed by atoms with Gasteiger partial charge in [0, 0.05) is 18.4 Å². The van der Waals surface area contributed by atoms with Gasteiger partial charge in [-0.1, -0.05) is 19.9 Å². The maximum absolute atomic E-state index is 10.0. The van der Waals surface area contributed by atoms with Crippen LogP contribution in [0.3, 0.4) is 0 Å². The molecular formula is C15H25N3O2. The van der Waals surface area contributed by atoms with Crippen molar-refractivity contribution in [3.05, 3.63) is 30.1 Å². The summed E-state index contributed by atoms with van der Waals surface area (Å²) >= 11 is 0. The molecule has 112 valence electrons. The van der Waals surface area contributed by atoms with Gasteiger partial charge in [0.25, 0.3) is 0 Å². The van der Waals surface area contributed by atoms with Crippen molar-refractivity contribution in [2.75, 3.05) is 13.6 Å². The second-order valence-corrected chi connectivity index (χ2v) is 5.53. The zero-order chi connectivity index (χ0) is 15.1. The Morgan fingerprint density at radius 3 is 2.60 bits per heavy atom. The van der Waals surface area contributed by atoms with E-state index in [2.05, 4.69) is 23.0 Å². The molecule has 5 nitrogen and oxygen atoms in total. The number of rotatable bonds is 3. The van der Waals surface area contributed by atoms with Crippen LogP contribution in [0.2, 0.25) is 0 Å². The number of nitrogens with two attached hydrogens (primary N) is 1. The fraction of sp³-hybridized carbons (Fsp3) is 0.600. The van der Waals surface area contributed by atoms with Crippen molar-refractivity contribution < 1.29 is 9.90 Å². The number of aliphatic carboxylic acids is 1. The summed E-state index contributed by atoms with van der Waals surface area (Å²) in [6.45, 7) is 4.77. The van der Waals surface area contributed by atoms with E-state index in [4.69, 9.17) is 10.8 Å². The molecule has 1 aromatic rings. The van der Waals surface area contributed by atoms with Gasteiger partial charge in [-0.2, -0.15) is 0 Å². The van der Waals surface area contributed by atoms with E-state index < -0.39 is 12.0 Å². The van der Waals surface area contributed by atoms with E-state index in [1.54, 1.807) is 13.8 Å². The standard InChI is InChI=1S/C10H14N2.C5H11NO2/c1-12-7-3-5-10(12)9-4-2-6-11-8-9;1-3(2)4(6)5(7)8/h2,4,6,8,10H,3,5,7H2,1H3;3-4H,6H2,1-2H3,(H,7,8)/t10-;/m0./s1. The molecule has 1 aliphatic heterocycles. The average Bonchev–Trinajstić information content (AvgIpc) is 2.85. The normalized spacial score (nSPS) is 20.4. The minimum atomic E-state index is -0.931. The van der Waals surface area contributed by atoms with E-state index >= 15 is 0 Å². The van der Waals surface area contributed by atoms with Crippen molar-refractivity contribution in [1.29, 1.82) is 0 Å². The van der Waals surface area contributed by atoms with Crippen LogP contribution in [0.25, 0.3) is 0 Å². The molecule has 1 unspecified atom stereocenters. The van der Waals surface area contributed by atoms with Crippen LogP contribution in [-0.4, -0.2) is 40.6 Å². The second-order valence-electron chi connectivity index (χ2n) is 5.53. The van der Waals surface area contributed by atoms with Gasteiger partial charge in [-0.05, 0) is 44.0 Å². The minimum absolute atomic E-state index is 0.0208. The molecule has 0 amide bonds. The van der Waals surface area contributed by atoms with Crippen molar-refractivity contribution >= 4 is 5.97 Å². The fourth-order valence-electron chi connectivity index (χ4n) is 2.19. The lowest BCUT2D eigenvalue weighted by molar-refractivity contribution is -0.139. The molecule has 0 radical (unpaired) electrons. The highest BCUT2D eigenvalue weighted by Gasteiger charge is 2.21. The number of hydrogen-bond donors (Lipinski definition) is 2. The Balaban J connectivity index is 0.000000221. The summed E-state index contributed by atoms with van der Waals surface area (Å²) in [5.74, 6) is -0.910. The van der Waals surface area contributed by atoms with Crippen LogP contribution in [0.5, 0.6) is 0 Å². The molecule has 2 heterocycles. The SMILES string of the molecule is CC(C)C(N)C(=O)O.CN1CCC[C@H]1c1cccnc1. The lowest BCUT2D eigenvalue weighted by Crippen LogP contribution is -2.34. The first-order chi connectivity index (χ1) is 9.43. The van der Waals surface area contributed by atoms with Gasteiger partial charge in [-0.15, -0.1) is 0 Å². The molecule has 0 aliphatic carbocycles. The first-order valence-corrected chi connectivity index (χ1v) is 7.02. The summed E-state index contributed by atoms with van der Waals surface area (Å²) in [5, 5.41) is 8.23. The molecule has 0 aromatic carbocycles. The highest BCUT2D eigenvalue weighted by atomic mass is 16.4. The van der Waals surface area contributed by atoms with Crippen LogP contribution in [0.15, 0.2) is 24.5 Å². The van der Waals surface area contributed by atoms with Gasteiger partial charge >= 0.3 is 5.97 Å². The predicted molar refractivity (Wildman–Crippen MR) is 79.3 cm³/mol. The van der Waals surface area contributed by atoms with E-state index in [0.29, 0.717) is 6.04 Å². The number of aromatic nitrogens is 1. The number of carbonyl (C=O) groups is 1. The number of hydrogen-bond acceptors (Lipinski definition) is 4. The molecule has 0 saturated carbocycles. The van der Waals surface area contributed by atoms with E-state index in [-0.39, 0.29) is 5.92 Å². The summed E-state index contributed by atoms with van der Waals surface area (Å²) in [6, 6.07) is 4.08. The largest absolute Gasteiger partial charge is 0.480 e. The molecule has 1 aliphatic rings. The van der Waals surface area contributed by atoms with Crippen LogP contribution < -0.4 is 5.73 Å². The molecule has 20 heavy (non-hydrogen) atoms. The molecule has 1 aromatic heterocycles. The Labute approximate surface area is 120 Å². The quantitative estimate of drug-likeness (QED) is 0.883. The molecule has 2 atom stereocenters. The topological polar surface area (TPSA) is 79.5 Å². The fourth-order valence-corrected chi connectivity index (χ4v) is 2.19. The molecule has 5 heteroatoms. The van der Waals surface area contributed by atoms with Gasteiger partial charge in [-0.25, -0.2) is 0 Å². The third kappa shape index (κ3) is 4.90. The van der Waals surface area contributed by atoms with Crippen molar-refractivity contribution in [3.63, 3.8) is 0 Å². The number of carboxylic acids is 1. The molecule has 1 fully saturated rings. The van der Waals surface area contributed by atoms with E-state index in [1.165, 1.54) is 24.9 Å². The molecule has 0 bridgehead atoms. The highest BCUT2D eigenvalue weighted by molar-refractivity contribution is 5.73. The number of pyridine rings is 1. The number of nitrogens with zero attached hydrogens (tertiary/aromatic N) is 2. The third-order valence-corrected chi connectivity index (χ3v) is 3.59.